The number of hydrogen-bond acceptors (Lipinski definition) is 2. The van der Waals surface area contributed by atoms with Gasteiger partial charge in [0.1, 0.15) is 5.75 Å². The van der Waals surface area contributed by atoms with Crippen LogP contribution in [-0.4, -0.2) is 15.6 Å². The van der Waals surface area contributed by atoms with Crippen LogP contribution in [0.25, 0.3) is 10.9 Å². The first-order chi connectivity index (χ1) is 8.07. The molecule has 0 radical (unpaired) electrons. The van der Waals surface area contributed by atoms with E-state index in [-0.39, 0.29) is 5.54 Å². The Morgan fingerprint density at radius 1 is 1.41 bits per heavy atom. The molecule has 1 aliphatic rings. The summed E-state index contributed by atoms with van der Waals surface area (Å²) in [7, 11) is 0. The molecule has 3 heteroatoms. The maximum absolute atomic E-state index is 9.57. The molecule has 1 aromatic carbocycles. The predicted molar refractivity (Wildman–Crippen MR) is 69.2 cm³/mol. The summed E-state index contributed by atoms with van der Waals surface area (Å²) in [6.45, 7) is 2.09. The number of benzene rings is 1. The molecule has 1 fully saturated rings. The average molecular weight is 230 g/mol. The number of phenols is 1. The SMILES string of the molecule is Cc1[nH]c2ccc(O)cc2c1CCC1(N)CC1. The quantitative estimate of drug-likeness (QED) is 0.759. The van der Waals surface area contributed by atoms with E-state index in [0.29, 0.717) is 5.75 Å². The summed E-state index contributed by atoms with van der Waals surface area (Å²) in [6, 6.07) is 5.48. The highest BCUT2D eigenvalue weighted by Gasteiger charge is 2.37. The Morgan fingerprint density at radius 3 is 2.88 bits per heavy atom. The number of aromatic amines is 1. The molecular weight excluding hydrogens is 212 g/mol. The number of nitrogens with two attached hydrogens (primary N) is 1. The van der Waals surface area contributed by atoms with Gasteiger partial charge in [0.25, 0.3) is 0 Å². The molecule has 17 heavy (non-hydrogen) atoms. The normalized spacial score (nSPS) is 17.5. The number of aromatic nitrogens is 1. The highest BCUT2D eigenvalue weighted by molar-refractivity contribution is 5.85. The Labute approximate surface area is 101 Å². The van der Waals surface area contributed by atoms with Gasteiger partial charge < -0.3 is 15.8 Å². The number of rotatable bonds is 3. The van der Waals surface area contributed by atoms with E-state index < -0.39 is 0 Å². The second kappa shape index (κ2) is 3.50. The molecular formula is C14H18N2O. The van der Waals surface area contributed by atoms with Gasteiger partial charge in [-0.3, -0.25) is 0 Å². The zero-order chi connectivity index (χ0) is 12.0. The van der Waals surface area contributed by atoms with Gasteiger partial charge in [-0.15, -0.1) is 0 Å². The Morgan fingerprint density at radius 2 is 2.18 bits per heavy atom. The van der Waals surface area contributed by atoms with Crippen LogP contribution in [0.4, 0.5) is 0 Å². The van der Waals surface area contributed by atoms with Crippen molar-refractivity contribution in [2.75, 3.05) is 0 Å². The van der Waals surface area contributed by atoms with Gasteiger partial charge in [-0.2, -0.15) is 0 Å². The first-order valence-corrected chi connectivity index (χ1v) is 6.16. The largest absolute Gasteiger partial charge is 0.508 e. The minimum atomic E-state index is 0.0901. The third-order valence-corrected chi connectivity index (χ3v) is 3.87. The van der Waals surface area contributed by atoms with Crippen molar-refractivity contribution in [3.05, 3.63) is 29.5 Å². The van der Waals surface area contributed by atoms with Gasteiger partial charge in [-0.1, -0.05) is 0 Å². The third-order valence-electron chi connectivity index (χ3n) is 3.87. The van der Waals surface area contributed by atoms with Crippen molar-refractivity contribution in [2.24, 2.45) is 5.73 Å². The summed E-state index contributed by atoms with van der Waals surface area (Å²) in [5.74, 6) is 0.326. The second-order valence-electron chi connectivity index (χ2n) is 5.32. The lowest BCUT2D eigenvalue weighted by Gasteiger charge is -2.08. The number of fused-ring (bicyclic) bond motifs is 1. The fourth-order valence-corrected chi connectivity index (χ4v) is 2.48. The van der Waals surface area contributed by atoms with Crippen LogP contribution in [0.2, 0.25) is 0 Å². The maximum atomic E-state index is 9.57. The van der Waals surface area contributed by atoms with Gasteiger partial charge in [0.05, 0.1) is 0 Å². The van der Waals surface area contributed by atoms with E-state index in [1.807, 2.05) is 12.1 Å². The van der Waals surface area contributed by atoms with Crippen LogP contribution in [0.15, 0.2) is 18.2 Å². The fraction of sp³-hybridized carbons (Fsp3) is 0.429. The smallest absolute Gasteiger partial charge is 0.116 e. The molecule has 0 atom stereocenters. The van der Waals surface area contributed by atoms with Gasteiger partial charge >= 0.3 is 0 Å². The highest BCUT2D eigenvalue weighted by atomic mass is 16.3. The molecule has 90 valence electrons. The molecule has 0 bridgehead atoms. The fourth-order valence-electron chi connectivity index (χ4n) is 2.48. The van der Waals surface area contributed by atoms with Crippen LogP contribution in [0.3, 0.4) is 0 Å². The third kappa shape index (κ3) is 1.91. The number of hydrogen-bond donors (Lipinski definition) is 3. The molecule has 0 saturated heterocycles. The van der Waals surface area contributed by atoms with Crippen LogP contribution >= 0.6 is 0 Å². The van der Waals surface area contributed by atoms with Crippen LogP contribution in [0.1, 0.15) is 30.5 Å². The summed E-state index contributed by atoms with van der Waals surface area (Å²) in [5.41, 5.74) is 9.80. The second-order valence-corrected chi connectivity index (χ2v) is 5.32. The molecule has 1 saturated carbocycles. The van der Waals surface area contributed by atoms with Crippen molar-refractivity contribution in [3.63, 3.8) is 0 Å². The topological polar surface area (TPSA) is 62.0 Å². The van der Waals surface area contributed by atoms with E-state index in [1.165, 1.54) is 11.3 Å². The van der Waals surface area contributed by atoms with Crippen molar-refractivity contribution in [1.82, 2.24) is 4.98 Å². The maximum Gasteiger partial charge on any atom is 0.116 e. The number of aryl methyl sites for hydroxylation is 2. The van der Waals surface area contributed by atoms with Gasteiger partial charge in [-0.05, 0) is 56.4 Å². The molecule has 0 aliphatic heterocycles. The van der Waals surface area contributed by atoms with E-state index in [2.05, 4.69) is 11.9 Å². The lowest BCUT2D eigenvalue weighted by Crippen LogP contribution is -2.22. The summed E-state index contributed by atoms with van der Waals surface area (Å²) in [6.07, 6.45) is 4.33. The number of aromatic hydroxyl groups is 1. The molecule has 1 aliphatic carbocycles. The zero-order valence-corrected chi connectivity index (χ0v) is 10.1. The standard InChI is InChI=1S/C14H18N2O/c1-9-11(4-5-14(15)6-7-14)12-8-10(17)2-3-13(12)16-9/h2-3,8,16-17H,4-7,15H2,1H3. The van der Waals surface area contributed by atoms with Crippen molar-refractivity contribution < 1.29 is 5.11 Å². The Bertz CT molecular complexity index is 567. The van der Waals surface area contributed by atoms with Gasteiger partial charge in [0.2, 0.25) is 0 Å². The van der Waals surface area contributed by atoms with Crippen molar-refractivity contribution in [2.45, 2.75) is 38.1 Å². The predicted octanol–water partition coefficient (Wildman–Crippen LogP) is 2.61. The summed E-state index contributed by atoms with van der Waals surface area (Å²) < 4.78 is 0. The minimum absolute atomic E-state index is 0.0901. The average Bonchev–Trinajstić information content (AvgIpc) is 2.92. The summed E-state index contributed by atoms with van der Waals surface area (Å²) in [4.78, 5) is 3.36. The highest BCUT2D eigenvalue weighted by Crippen LogP contribution is 2.38. The van der Waals surface area contributed by atoms with E-state index in [9.17, 15) is 5.11 Å². The van der Waals surface area contributed by atoms with Gasteiger partial charge in [0.15, 0.2) is 0 Å². The minimum Gasteiger partial charge on any atom is -0.508 e. The first-order valence-electron chi connectivity index (χ1n) is 6.16. The van der Waals surface area contributed by atoms with E-state index in [4.69, 9.17) is 5.73 Å². The first kappa shape index (κ1) is 10.7. The molecule has 2 aromatic rings. The van der Waals surface area contributed by atoms with Crippen molar-refractivity contribution >= 4 is 10.9 Å². The Kier molecular flexibility index (Phi) is 2.20. The van der Waals surface area contributed by atoms with E-state index in [0.717, 1.165) is 36.6 Å². The van der Waals surface area contributed by atoms with Gasteiger partial charge in [-0.25, -0.2) is 0 Å². The summed E-state index contributed by atoms with van der Waals surface area (Å²) in [5, 5.41) is 10.7. The molecule has 4 N–H and O–H groups in total. The number of H-pyrrole nitrogens is 1. The number of phenolic OH excluding ortho intramolecular Hbond substituents is 1. The molecule has 3 rings (SSSR count). The lowest BCUT2D eigenvalue weighted by atomic mass is 10.0. The Hall–Kier alpha value is -1.48. The van der Waals surface area contributed by atoms with Crippen LogP contribution in [0.5, 0.6) is 5.75 Å². The molecule has 0 amide bonds. The van der Waals surface area contributed by atoms with Crippen LogP contribution < -0.4 is 5.73 Å². The van der Waals surface area contributed by atoms with Crippen molar-refractivity contribution in [3.8, 4) is 5.75 Å². The van der Waals surface area contributed by atoms with E-state index >= 15 is 0 Å². The lowest BCUT2D eigenvalue weighted by molar-refractivity contribution is 0.476. The van der Waals surface area contributed by atoms with Crippen molar-refractivity contribution in [1.29, 1.82) is 0 Å². The monoisotopic (exact) mass is 230 g/mol. The molecule has 0 unspecified atom stereocenters. The molecule has 1 aromatic heterocycles. The number of nitrogens with one attached hydrogen (secondary N) is 1. The zero-order valence-electron chi connectivity index (χ0n) is 10.1. The van der Waals surface area contributed by atoms with Crippen LogP contribution in [-0.2, 0) is 6.42 Å². The molecule has 1 heterocycles. The Balaban J connectivity index is 1.96. The summed E-state index contributed by atoms with van der Waals surface area (Å²) >= 11 is 0. The molecule has 0 spiro atoms. The van der Waals surface area contributed by atoms with E-state index in [1.54, 1.807) is 6.07 Å². The van der Waals surface area contributed by atoms with Crippen LogP contribution in [0, 0.1) is 6.92 Å². The molecule has 3 nitrogen and oxygen atoms in total. The van der Waals surface area contributed by atoms with Gasteiger partial charge in [0, 0.05) is 22.1 Å².